The molecule has 3 unspecified atom stereocenters. The molecule has 1 aromatic rings. The van der Waals surface area contributed by atoms with Gasteiger partial charge in [0.25, 0.3) is 0 Å². The van der Waals surface area contributed by atoms with Crippen LogP contribution in [0.15, 0.2) is 24.3 Å². The SMILES string of the molecule is CCOc1ccccc1NC(=O)C(C)NC1CCCC1CC. The Balaban J connectivity index is 1.94. The van der Waals surface area contributed by atoms with Gasteiger partial charge in [-0.05, 0) is 44.7 Å². The molecule has 1 amide bonds. The standard InChI is InChI=1S/C18H28N2O2/c1-4-14-9-8-11-15(14)19-13(3)18(21)20-16-10-6-7-12-17(16)22-5-2/h6-7,10,12-15,19H,4-5,8-9,11H2,1-3H3,(H,20,21). The van der Waals surface area contributed by atoms with E-state index in [0.717, 1.165) is 11.4 Å². The number of anilines is 1. The molecule has 1 fully saturated rings. The van der Waals surface area contributed by atoms with E-state index in [1.807, 2.05) is 38.1 Å². The monoisotopic (exact) mass is 304 g/mol. The third-order valence-corrected chi connectivity index (χ3v) is 4.49. The van der Waals surface area contributed by atoms with E-state index in [1.165, 1.54) is 25.7 Å². The van der Waals surface area contributed by atoms with E-state index >= 15 is 0 Å². The number of para-hydroxylation sites is 2. The number of carbonyl (C=O) groups excluding carboxylic acids is 1. The number of ether oxygens (including phenoxy) is 1. The van der Waals surface area contributed by atoms with Gasteiger partial charge in [0.2, 0.25) is 5.91 Å². The predicted molar refractivity (Wildman–Crippen MR) is 90.3 cm³/mol. The Morgan fingerprint density at radius 1 is 1.32 bits per heavy atom. The average molecular weight is 304 g/mol. The van der Waals surface area contributed by atoms with E-state index in [1.54, 1.807) is 0 Å². The van der Waals surface area contributed by atoms with E-state index in [9.17, 15) is 4.79 Å². The molecule has 1 aliphatic rings. The second-order valence-electron chi connectivity index (χ2n) is 6.01. The van der Waals surface area contributed by atoms with Crippen molar-refractivity contribution >= 4 is 11.6 Å². The molecular formula is C18H28N2O2. The lowest BCUT2D eigenvalue weighted by molar-refractivity contribution is -0.118. The zero-order valence-electron chi connectivity index (χ0n) is 13.9. The van der Waals surface area contributed by atoms with Crippen molar-refractivity contribution in [2.75, 3.05) is 11.9 Å². The van der Waals surface area contributed by atoms with Gasteiger partial charge in [-0.25, -0.2) is 0 Å². The minimum Gasteiger partial charge on any atom is -0.492 e. The van der Waals surface area contributed by atoms with Crippen molar-refractivity contribution in [3.8, 4) is 5.75 Å². The third kappa shape index (κ3) is 4.23. The summed E-state index contributed by atoms with van der Waals surface area (Å²) in [5.41, 5.74) is 0.737. The molecule has 2 N–H and O–H groups in total. The number of amides is 1. The second kappa shape index (κ2) is 8.18. The Kier molecular flexibility index (Phi) is 6.25. The van der Waals surface area contributed by atoms with Gasteiger partial charge in [-0.2, -0.15) is 0 Å². The topological polar surface area (TPSA) is 50.4 Å². The lowest BCUT2D eigenvalue weighted by atomic mass is 10.00. The molecule has 2 rings (SSSR count). The molecule has 0 spiro atoms. The van der Waals surface area contributed by atoms with Gasteiger partial charge in [-0.1, -0.05) is 31.9 Å². The van der Waals surface area contributed by atoms with Crippen molar-refractivity contribution in [1.29, 1.82) is 0 Å². The van der Waals surface area contributed by atoms with E-state index in [2.05, 4.69) is 17.6 Å². The molecule has 3 atom stereocenters. The molecule has 122 valence electrons. The highest BCUT2D eigenvalue weighted by Crippen LogP contribution is 2.28. The molecule has 4 nitrogen and oxygen atoms in total. The first-order valence-electron chi connectivity index (χ1n) is 8.44. The van der Waals surface area contributed by atoms with Crippen molar-refractivity contribution < 1.29 is 9.53 Å². The van der Waals surface area contributed by atoms with Crippen LogP contribution in [-0.2, 0) is 4.79 Å². The van der Waals surface area contributed by atoms with Crippen LogP contribution in [0, 0.1) is 5.92 Å². The summed E-state index contributed by atoms with van der Waals surface area (Å²) in [7, 11) is 0. The van der Waals surface area contributed by atoms with Crippen molar-refractivity contribution in [2.45, 2.75) is 58.5 Å². The maximum atomic E-state index is 12.4. The lowest BCUT2D eigenvalue weighted by Crippen LogP contribution is -2.45. The van der Waals surface area contributed by atoms with Gasteiger partial charge < -0.3 is 15.4 Å². The first kappa shape index (κ1) is 16.8. The van der Waals surface area contributed by atoms with E-state index in [0.29, 0.717) is 18.6 Å². The van der Waals surface area contributed by atoms with Crippen LogP contribution in [0.25, 0.3) is 0 Å². The number of hydrogen-bond acceptors (Lipinski definition) is 3. The van der Waals surface area contributed by atoms with Crippen molar-refractivity contribution in [3.05, 3.63) is 24.3 Å². The van der Waals surface area contributed by atoms with Crippen LogP contribution in [-0.4, -0.2) is 24.6 Å². The van der Waals surface area contributed by atoms with Gasteiger partial charge in [0.1, 0.15) is 5.75 Å². The normalized spacial score (nSPS) is 22.3. The molecular weight excluding hydrogens is 276 g/mol. The van der Waals surface area contributed by atoms with Crippen LogP contribution in [0.3, 0.4) is 0 Å². The summed E-state index contributed by atoms with van der Waals surface area (Å²) in [4.78, 5) is 12.4. The lowest BCUT2D eigenvalue weighted by Gasteiger charge is -2.24. The molecule has 0 aliphatic heterocycles. The molecule has 1 aliphatic carbocycles. The smallest absolute Gasteiger partial charge is 0.241 e. The van der Waals surface area contributed by atoms with Crippen molar-refractivity contribution in [3.63, 3.8) is 0 Å². The highest BCUT2D eigenvalue weighted by atomic mass is 16.5. The molecule has 22 heavy (non-hydrogen) atoms. The Morgan fingerprint density at radius 2 is 2.09 bits per heavy atom. The Hall–Kier alpha value is -1.55. The summed E-state index contributed by atoms with van der Waals surface area (Å²) >= 11 is 0. The third-order valence-electron chi connectivity index (χ3n) is 4.49. The molecule has 1 saturated carbocycles. The second-order valence-corrected chi connectivity index (χ2v) is 6.01. The van der Waals surface area contributed by atoms with Crippen LogP contribution in [0.5, 0.6) is 5.75 Å². The largest absolute Gasteiger partial charge is 0.492 e. The maximum Gasteiger partial charge on any atom is 0.241 e. The fourth-order valence-electron chi connectivity index (χ4n) is 3.23. The van der Waals surface area contributed by atoms with Gasteiger partial charge >= 0.3 is 0 Å². The zero-order chi connectivity index (χ0) is 15.9. The summed E-state index contributed by atoms with van der Waals surface area (Å²) in [5.74, 6) is 1.41. The first-order valence-corrected chi connectivity index (χ1v) is 8.44. The van der Waals surface area contributed by atoms with E-state index in [4.69, 9.17) is 4.74 Å². The fourth-order valence-corrected chi connectivity index (χ4v) is 3.23. The minimum atomic E-state index is -0.202. The van der Waals surface area contributed by atoms with Crippen molar-refractivity contribution in [2.24, 2.45) is 5.92 Å². The summed E-state index contributed by atoms with van der Waals surface area (Å²) < 4.78 is 5.55. The van der Waals surface area contributed by atoms with Gasteiger partial charge in [0.05, 0.1) is 18.3 Å². The quantitative estimate of drug-likeness (QED) is 0.809. The first-order chi connectivity index (χ1) is 10.7. The van der Waals surface area contributed by atoms with Crippen LogP contribution < -0.4 is 15.4 Å². The summed E-state index contributed by atoms with van der Waals surface area (Å²) in [6.45, 7) is 6.69. The van der Waals surface area contributed by atoms with E-state index in [-0.39, 0.29) is 11.9 Å². The Bertz CT molecular complexity index is 490. The molecule has 0 radical (unpaired) electrons. The van der Waals surface area contributed by atoms with Crippen LogP contribution >= 0.6 is 0 Å². The number of hydrogen-bond donors (Lipinski definition) is 2. The van der Waals surface area contributed by atoms with Gasteiger partial charge in [-0.15, -0.1) is 0 Å². The van der Waals surface area contributed by atoms with Crippen LogP contribution in [0.2, 0.25) is 0 Å². The van der Waals surface area contributed by atoms with Crippen molar-refractivity contribution in [1.82, 2.24) is 5.32 Å². The number of rotatable bonds is 7. The summed E-state index contributed by atoms with van der Waals surface area (Å²) in [6, 6.07) is 7.83. The highest BCUT2D eigenvalue weighted by molar-refractivity contribution is 5.95. The molecule has 1 aromatic carbocycles. The summed E-state index contributed by atoms with van der Waals surface area (Å²) in [6.07, 6.45) is 4.89. The molecule has 0 saturated heterocycles. The average Bonchev–Trinajstić information content (AvgIpc) is 2.96. The van der Waals surface area contributed by atoms with E-state index < -0.39 is 0 Å². The van der Waals surface area contributed by atoms with Gasteiger partial charge in [0, 0.05) is 6.04 Å². The van der Waals surface area contributed by atoms with Gasteiger partial charge in [-0.3, -0.25) is 4.79 Å². The van der Waals surface area contributed by atoms with Crippen LogP contribution in [0.1, 0.15) is 46.5 Å². The molecule has 4 heteroatoms. The summed E-state index contributed by atoms with van der Waals surface area (Å²) in [5, 5.41) is 6.47. The molecule has 0 aromatic heterocycles. The zero-order valence-corrected chi connectivity index (χ0v) is 13.9. The molecule has 0 heterocycles. The number of benzene rings is 1. The van der Waals surface area contributed by atoms with Crippen LogP contribution in [0.4, 0.5) is 5.69 Å². The highest BCUT2D eigenvalue weighted by Gasteiger charge is 2.28. The Labute approximate surface area is 133 Å². The molecule has 0 bridgehead atoms. The fraction of sp³-hybridized carbons (Fsp3) is 0.611. The predicted octanol–water partition coefficient (Wildman–Crippen LogP) is 3.58. The minimum absolute atomic E-state index is 0.00564. The maximum absolute atomic E-state index is 12.4. The number of nitrogens with one attached hydrogen (secondary N) is 2. The van der Waals surface area contributed by atoms with Gasteiger partial charge in [0.15, 0.2) is 0 Å². The number of carbonyl (C=O) groups is 1. The Morgan fingerprint density at radius 3 is 2.82 bits per heavy atom.